The Labute approximate surface area is 348 Å². The molecule has 0 fully saturated rings. The number of aliphatic hydroxyl groups is 1. The molecule has 0 aromatic rings. The molecule has 0 saturated heterocycles. The Morgan fingerprint density at radius 1 is 0.464 bits per heavy atom. The molecule has 0 aromatic carbocycles. The lowest BCUT2D eigenvalue weighted by Gasteiger charge is -2.21. The average molecular weight is 806 g/mol. The quantitative estimate of drug-likeness (QED) is 0.0323. The second kappa shape index (κ2) is 42.9. The fourth-order valence-electron chi connectivity index (χ4n) is 7.12. The molecular formula is C49H91NO5S. The normalized spacial score (nSPS) is 13.6. The first-order chi connectivity index (χ1) is 27.3. The van der Waals surface area contributed by atoms with Crippen LogP contribution in [0.15, 0.2) is 48.6 Å². The Bertz CT molecular complexity index is 1070. The van der Waals surface area contributed by atoms with Crippen LogP contribution in [0.2, 0.25) is 0 Å². The predicted octanol–water partition coefficient (Wildman–Crippen LogP) is 14.6. The molecule has 2 unspecified atom stereocenters. The van der Waals surface area contributed by atoms with Gasteiger partial charge in [-0.05, 0) is 70.6 Å². The first-order valence-electron chi connectivity index (χ1n) is 23.8. The number of nitrogens with one attached hydrogen (secondary N) is 1. The smallest absolute Gasteiger partial charge is 0.267 e. The topological polar surface area (TPSA) is 104 Å². The largest absolute Gasteiger partial charge is 0.387 e. The van der Waals surface area contributed by atoms with Crippen molar-refractivity contribution in [2.75, 3.05) is 5.75 Å². The number of carbonyl (C=O) groups excluding carboxylic acids is 1. The van der Waals surface area contributed by atoms with Gasteiger partial charge in [0.1, 0.15) is 0 Å². The highest BCUT2D eigenvalue weighted by atomic mass is 32.2. The van der Waals surface area contributed by atoms with Gasteiger partial charge in [0.05, 0.1) is 17.9 Å². The van der Waals surface area contributed by atoms with Gasteiger partial charge in [-0.25, -0.2) is 0 Å². The van der Waals surface area contributed by atoms with Crippen molar-refractivity contribution in [2.45, 2.75) is 251 Å². The summed E-state index contributed by atoms with van der Waals surface area (Å²) in [5.41, 5.74) is 0. The van der Waals surface area contributed by atoms with Crippen molar-refractivity contribution in [3.63, 3.8) is 0 Å². The highest BCUT2D eigenvalue weighted by molar-refractivity contribution is 7.85. The van der Waals surface area contributed by atoms with Gasteiger partial charge in [0.2, 0.25) is 5.91 Å². The third kappa shape index (κ3) is 43.4. The molecular weight excluding hydrogens is 715 g/mol. The molecule has 0 aromatic heterocycles. The number of amides is 1. The van der Waals surface area contributed by atoms with E-state index < -0.39 is 28.0 Å². The van der Waals surface area contributed by atoms with Crippen molar-refractivity contribution in [1.82, 2.24) is 5.32 Å². The van der Waals surface area contributed by atoms with Crippen molar-refractivity contribution in [2.24, 2.45) is 0 Å². The van der Waals surface area contributed by atoms with Gasteiger partial charge in [0, 0.05) is 6.42 Å². The second-order valence-electron chi connectivity index (χ2n) is 16.4. The molecule has 0 heterocycles. The number of unbranched alkanes of at least 4 members (excludes halogenated alkanes) is 29. The lowest BCUT2D eigenvalue weighted by molar-refractivity contribution is -0.122. The summed E-state index contributed by atoms with van der Waals surface area (Å²) in [6.45, 7) is 4.54. The minimum Gasteiger partial charge on any atom is -0.387 e. The van der Waals surface area contributed by atoms with Crippen LogP contribution in [-0.4, -0.2) is 41.9 Å². The van der Waals surface area contributed by atoms with Gasteiger partial charge in [0.15, 0.2) is 0 Å². The summed E-state index contributed by atoms with van der Waals surface area (Å²) < 4.78 is 32.6. The van der Waals surface area contributed by atoms with E-state index in [2.05, 4.69) is 55.6 Å². The van der Waals surface area contributed by atoms with Gasteiger partial charge in [-0.15, -0.1) is 0 Å². The van der Waals surface area contributed by atoms with E-state index in [1.54, 1.807) is 6.08 Å². The lowest BCUT2D eigenvalue weighted by atomic mass is 10.0. The molecule has 328 valence electrons. The van der Waals surface area contributed by atoms with Gasteiger partial charge >= 0.3 is 0 Å². The number of hydrogen-bond acceptors (Lipinski definition) is 4. The van der Waals surface area contributed by atoms with Crippen molar-refractivity contribution in [3.05, 3.63) is 48.6 Å². The first-order valence-corrected chi connectivity index (χ1v) is 25.4. The molecule has 2 atom stereocenters. The Balaban J connectivity index is 3.91. The van der Waals surface area contributed by atoms with Crippen LogP contribution in [0.4, 0.5) is 0 Å². The third-order valence-corrected chi connectivity index (χ3v) is 11.5. The lowest BCUT2D eigenvalue weighted by Crippen LogP contribution is -2.46. The number of allylic oxidation sites excluding steroid dienone is 7. The fraction of sp³-hybridized carbons (Fsp3) is 0.816. The van der Waals surface area contributed by atoms with Crippen molar-refractivity contribution >= 4 is 16.0 Å². The molecule has 56 heavy (non-hydrogen) atoms. The number of carbonyl (C=O) groups is 1. The van der Waals surface area contributed by atoms with E-state index in [0.29, 0.717) is 6.42 Å². The molecule has 3 N–H and O–H groups in total. The Morgan fingerprint density at radius 3 is 1.12 bits per heavy atom. The summed E-state index contributed by atoms with van der Waals surface area (Å²) in [6.07, 6.45) is 58.2. The van der Waals surface area contributed by atoms with Crippen LogP contribution in [0, 0.1) is 0 Å². The van der Waals surface area contributed by atoms with Crippen LogP contribution >= 0.6 is 0 Å². The summed E-state index contributed by atoms with van der Waals surface area (Å²) in [5.74, 6) is -1.01. The number of rotatable bonds is 43. The predicted molar refractivity (Wildman–Crippen MR) is 244 cm³/mol. The van der Waals surface area contributed by atoms with Crippen LogP contribution in [0.25, 0.3) is 0 Å². The van der Waals surface area contributed by atoms with Crippen molar-refractivity contribution in [1.29, 1.82) is 0 Å². The maximum Gasteiger partial charge on any atom is 0.267 e. The van der Waals surface area contributed by atoms with Gasteiger partial charge in [0.25, 0.3) is 10.1 Å². The highest BCUT2D eigenvalue weighted by Crippen LogP contribution is 2.14. The van der Waals surface area contributed by atoms with Crippen LogP contribution < -0.4 is 5.32 Å². The monoisotopic (exact) mass is 806 g/mol. The van der Waals surface area contributed by atoms with E-state index in [1.165, 1.54) is 179 Å². The molecule has 0 bridgehead atoms. The van der Waals surface area contributed by atoms with Crippen LogP contribution in [-0.2, 0) is 14.9 Å². The average Bonchev–Trinajstić information content (AvgIpc) is 3.16. The fourth-order valence-corrected chi connectivity index (χ4v) is 7.86. The molecule has 0 aliphatic carbocycles. The Morgan fingerprint density at radius 2 is 0.768 bits per heavy atom. The first kappa shape index (κ1) is 54.3. The number of aliphatic hydroxyl groups excluding tert-OH is 1. The van der Waals surface area contributed by atoms with Crippen LogP contribution in [0.3, 0.4) is 0 Å². The standard InChI is InChI=1S/C49H91NO5S/c1-3-5-7-9-11-13-15-17-19-21-23-25-27-29-31-33-35-37-39-41-43-45-49(52)50-47(46-56(53,54)55)48(51)44-42-40-38-36-34-32-30-28-26-24-22-20-18-16-14-12-10-8-6-4-2/h21,23,26,28,34,36,42,44,47-48,51H,3-20,22,24-25,27,29-33,35,37-41,43,45-46H2,1-2H3,(H,50,52)(H,53,54,55)/b23-21-,28-26+,36-34+,44-42+. The van der Waals surface area contributed by atoms with E-state index in [1.807, 2.05) is 0 Å². The van der Waals surface area contributed by atoms with E-state index in [9.17, 15) is 22.9 Å². The molecule has 0 radical (unpaired) electrons. The summed E-state index contributed by atoms with van der Waals surface area (Å²) in [6, 6.07) is -1.08. The molecule has 6 nitrogen and oxygen atoms in total. The van der Waals surface area contributed by atoms with Crippen molar-refractivity contribution < 1.29 is 22.9 Å². The molecule has 0 aliphatic heterocycles. The van der Waals surface area contributed by atoms with Gasteiger partial charge < -0.3 is 10.4 Å². The van der Waals surface area contributed by atoms with E-state index >= 15 is 0 Å². The van der Waals surface area contributed by atoms with Gasteiger partial charge in [-0.3, -0.25) is 9.35 Å². The van der Waals surface area contributed by atoms with Gasteiger partial charge in [-0.1, -0.05) is 210 Å². The molecule has 0 rings (SSSR count). The Kier molecular flexibility index (Phi) is 41.6. The van der Waals surface area contributed by atoms with Crippen molar-refractivity contribution in [3.8, 4) is 0 Å². The summed E-state index contributed by atoms with van der Waals surface area (Å²) in [5, 5.41) is 13.3. The maximum absolute atomic E-state index is 12.6. The number of hydrogen-bond donors (Lipinski definition) is 3. The minimum atomic E-state index is -4.36. The zero-order chi connectivity index (χ0) is 41.1. The summed E-state index contributed by atoms with van der Waals surface area (Å²) in [4.78, 5) is 12.6. The summed E-state index contributed by atoms with van der Waals surface area (Å²) >= 11 is 0. The van der Waals surface area contributed by atoms with E-state index in [-0.39, 0.29) is 12.3 Å². The zero-order valence-electron chi connectivity index (χ0n) is 36.8. The molecule has 1 amide bonds. The molecule has 7 heteroatoms. The highest BCUT2D eigenvalue weighted by Gasteiger charge is 2.24. The molecule has 0 spiro atoms. The zero-order valence-corrected chi connectivity index (χ0v) is 37.6. The van der Waals surface area contributed by atoms with E-state index in [0.717, 1.165) is 38.5 Å². The maximum atomic E-state index is 12.6. The Hall–Kier alpha value is -1.70. The SMILES string of the molecule is CCCCCCCCCC/C=C\CCCCCCCCCCCC(=O)NC(CS(=O)(=O)O)C(O)/C=C/CC/C=C/CC/C=C/CCCCCCCCCCCC. The summed E-state index contributed by atoms with van der Waals surface area (Å²) in [7, 11) is -4.36. The molecule has 0 saturated carbocycles. The van der Waals surface area contributed by atoms with Crippen LogP contribution in [0.5, 0.6) is 0 Å². The molecule has 0 aliphatic rings. The van der Waals surface area contributed by atoms with E-state index in [4.69, 9.17) is 0 Å². The van der Waals surface area contributed by atoms with Crippen LogP contribution in [0.1, 0.15) is 239 Å². The van der Waals surface area contributed by atoms with Gasteiger partial charge in [-0.2, -0.15) is 8.42 Å². The second-order valence-corrected chi connectivity index (χ2v) is 17.9. The minimum absolute atomic E-state index is 0.282. The third-order valence-electron chi connectivity index (χ3n) is 10.7.